The molecule has 2 heterocycles. The molecular formula is C17H16ClN3O3S. The van der Waals surface area contributed by atoms with E-state index in [4.69, 9.17) is 21.1 Å². The monoisotopic (exact) mass is 377 g/mol. The third-order valence-electron chi connectivity index (χ3n) is 3.58. The van der Waals surface area contributed by atoms with Crippen molar-refractivity contribution in [2.75, 3.05) is 19.0 Å². The molecule has 6 nitrogen and oxygen atoms in total. The number of hydrogen-bond acceptors (Lipinski definition) is 7. The Balaban J connectivity index is 2.13. The minimum Gasteiger partial charge on any atom is -0.495 e. The maximum Gasteiger partial charge on any atom is 0.348 e. The molecule has 1 N–H and O–H groups in total. The standard InChI is InChI=1S/C17H16ClN3O3S/c1-4-24-16(22)13-9(2)12-14(20-17(18)21-15(12)25-13)19-10-7-5-6-8-11(10)23-3/h5-8H,4H2,1-3H3,(H,19,20,21). The highest BCUT2D eigenvalue weighted by atomic mass is 35.5. The number of aryl methyl sites for hydroxylation is 1. The second-order valence-corrected chi connectivity index (χ2v) is 6.46. The molecule has 0 atom stereocenters. The second kappa shape index (κ2) is 7.25. The molecule has 1 aromatic carbocycles. The largest absolute Gasteiger partial charge is 0.495 e. The van der Waals surface area contributed by atoms with Crippen LogP contribution in [0.15, 0.2) is 24.3 Å². The van der Waals surface area contributed by atoms with Crippen LogP contribution < -0.4 is 10.1 Å². The molecule has 3 aromatic rings. The van der Waals surface area contributed by atoms with Crippen molar-refractivity contribution < 1.29 is 14.3 Å². The van der Waals surface area contributed by atoms with Crippen LogP contribution in [-0.2, 0) is 4.74 Å². The quantitative estimate of drug-likeness (QED) is 0.518. The first-order valence-corrected chi connectivity index (χ1v) is 8.78. The highest BCUT2D eigenvalue weighted by molar-refractivity contribution is 7.20. The summed E-state index contributed by atoms with van der Waals surface area (Å²) in [6.07, 6.45) is 0. The lowest BCUT2D eigenvalue weighted by Crippen LogP contribution is -2.04. The van der Waals surface area contributed by atoms with Crippen LogP contribution in [0.5, 0.6) is 5.75 Å². The molecular weight excluding hydrogens is 362 g/mol. The summed E-state index contributed by atoms with van der Waals surface area (Å²) in [7, 11) is 1.59. The van der Waals surface area contributed by atoms with Crippen molar-refractivity contribution in [1.29, 1.82) is 0 Å². The molecule has 0 aliphatic rings. The molecule has 130 valence electrons. The maximum atomic E-state index is 12.2. The number of anilines is 2. The fraction of sp³-hybridized carbons (Fsp3) is 0.235. The first kappa shape index (κ1) is 17.4. The number of esters is 1. The number of carbonyl (C=O) groups excluding carboxylic acids is 1. The number of methoxy groups -OCH3 is 1. The summed E-state index contributed by atoms with van der Waals surface area (Å²) in [5.41, 5.74) is 1.50. The molecule has 0 spiro atoms. The van der Waals surface area contributed by atoms with Gasteiger partial charge in [-0.1, -0.05) is 12.1 Å². The van der Waals surface area contributed by atoms with Gasteiger partial charge in [-0.2, -0.15) is 4.98 Å². The second-order valence-electron chi connectivity index (χ2n) is 5.12. The van der Waals surface area contributed by atoms with Gasteiger partial charge in [-0.3, -0.25) is 0 Å². The summed E-state index contributed by atoms with van der Waals surface area (Å²) in [5, 5.41) is 4.06. The molecule has 2 aromatic heterocycles. The van der Waals surface area contributed by atoms with Gasteiger partial charge in [-0.05, 0) is 43.1 Å². The van der Waals surface area contributed by atoms with Gasteiger partial charge in [0.2, 0.25) is 5.28 Å². The van der Waals surface area contributed by atoms with Gasteiger partial charge in [0.05, 0.1) is 24.8 Å². The molecule has 3 rings (SSSR count). The van der Waals surface area contributed by atoms with E-state index in [2.05, 4.69) is 15.3 Å². The highest BCUT2D eigenvalue weighted by Crippen LogP contribution is 2.37. The average molecular weight is 378 g/mol. The first-order valence-electron chi connectivity index (χ1n) is 7.59. The van der Waals surface area contributed by atoms with Crippen LogP contribution in [0.2, 0.25) is 5.28 Å². The molecule has 0 unspecified atom stereocenters. The van der Waals surface area contributed by atoms with Crippen molar-refractivity contribution in [1.82, 2.24) is 9.97 Å². The predicted octanol–water partition coefficient (Wildman–Crippen LogP) is 4.58. The summed E-state index contributed by atoms with van der Waals surface area (Å²) in [6.45, 7) is 3.92. The number of aromatic nitrogens is 2. The van der Waals surface area contributed by atoms with Gasteiger partial charge < -0.3 is 14.8 Å². The van der Waals surface area contributed by atoms with Crippen LogP contribution in [0, 0.1) is 6.92 Å². The number of para-hydroxylation sites is 2. The molecule has 0 fully saturated rings. The van der Waals surface area contributed by atoms with Gasteiger partial charge in [0.1, 0.15) is 21.3 Å². The zero-order valence-corrected chi connectivity index (χ0v) is 15.5. The smallest absolute Gasteiger partial charge is 0.348 e. The van der Waals surface area contributed by atoms with Crippen molar-refractivity contribution >= 4 is 50.6 Å². The van der Waals surface area contributed by atoms with Gasteiger partial charge in [0, 0.05) is 0 Å². The molecule has 0 aliphatic heterocycles. The molecule has 0 bridgehead atoms. The average Bonchev–Trinajstić information content (AvgIpc) is 2.92. The number of ether oxygens (including phenoxy) is 2. The van der Waals surface area contributed by atoms with Gasteiger partial charge in [0.25, 0.3) is 0 Å². The Morgan fingerprint density at radius 1 is 1.32 bits per heavy atom. The summed E-state index contributed by atoms with van der Waals surface area (Å²) in [6, 6.07) is 7.47. The molecule has 0 radical (unpaired) electrons. The zero-order chi connectivity index (χ0) is 18.0. The van der Waals surface area contributed by atoms with Crippen molar-refractivity contribution in [3.8, 4) is 5.75 Å². The van der Waals surface area contributed by atoms with Gasteiger partial charge in [-0.25, -0.2) is 9.78 Å². The fourth-order valence-electron chi connectivity index (χ4n) is 2.47. The van der Waals surface area contributed by atoms with Crippen LogP contribution in [0.1, 0.15) is 22.2 Å². The van der Waals surface area contributed by atoms with Crippen LogP contribution in [0.4, 0.5) is 11.5 Å². The van der Waals surface area contributed by atoms with E-state index in [9.17, 15) is 4.79 Å². The Labute approximate surface area is 153 Å². The van der Waals surface area contributed by atoms with Crippen LogP contribution in [-0.4, -0.2) is 29.7 Å². The summed E-state index contributed by atoms with van der Waals surface area (Å²) in [4.78, 5) is 21.8. The zero-order valence-electron chi connectivity index (χ0n) is 13.9. The number of thiophene rings is 1. The van der Waals surface area contributed by atoms with Crippen molar-refractivity contribution in [2.45, 2.75) is 13.8 Å². The predicted molar refractivity (Wildman–Crippen MR) is 99.4 cm³/mol. The van der Waals surface area contributed by atoms with Crippen LogP contribution >= 0.6 is 22.9 Å². The van der Waals surface area contributed by atoms with Crippen molar-refractivity contribution in [2.24, 2.45) is 0 Å². The summed E-state index contributed by atoms with van der Waals surface area (Å²) >= 11 is 7.30. The van der Waals surface area contributed by atoms with Gasteiger partial charge in [-0.15, -0.1) is 11.3 Å². The van der Waals surface area contributed by atoms with Crippen LogP contribution in [0.25, 0.3) is 10.2 Å². The van der Waals surface area contributed by atoms with Gasteiger partial charge in [0.15, 0.2) is 0 Å². The third kappa shape index (κ3) is 3.38. The van der Waals surface area contributed by atoms with E-state index in [1.165, 1.54) is 11.3 Å². The third-order valence-corrected chi connectivity index (χ3v) is 4.92. The van der Waals surface area contributed by atoms with E-state index in [0.717, 1.165) is 16.6 Å². The van der Waals surface area contributed by atoms with Crippen LogP contribution in [0.3, 0.4) is 0 Å². The molecule has 8 heteroatoms. The Morgan fingerprint density at radius 2 is 2.08 bits per heavy atom. The normalized spacial score (nSPS) is 10.7. The summed E-state index contributed by atoms with van der Waals surface area (Å²) < 4.78 is 10.5. The van der Waals surface area contributed by atoms with Gasteiger partial charge >= 0.3 is 5.97 Å². The number of hydrogen-bond donors (Lipinski definition) is 1. The molecule has 0 aliphatic carbocycles. The molecule has 25 heavy (non-hydrogen) atoms. The number of benzene rings is 1. The molecule has 0 amide bonds. The van der Waals surface area contributed by atoms with E-state index in [0.29, 0.717) is 27.9 Å². The Morgan fingerprint density at radius 3 is 2.80 bits per heavy atom. The van der Waals surface area contributed by atoms with E-state index in [1.54, 1.807) is 14.0 Å². The van der Waals surface area contributed by atoms with E-state index in [1.807, 2.05) is 31.2 Å². The minimum atomic E-state index is -0.373. The number of carbonyl (C=O) groups is 1. The topological polar surface area (TPSA) is 73.3 Å². The number of halogens is 1. The van der Waals surface area contributed by atoms with Crippen molar-refractivity contribution in [3.63, 3.8) is 0 Å². The minimum absolute atomic E-state index is 0.0987. The maximum absolute atomic E-state index is 12.2. The molecule has 0 saturated carbocycles. The number of rotatable bonds is 5. The molecule has 0 saturated heterocycles. The Kier molecular flexibility index (Phi) is 5.06. The Bertz CT molecular complexity index is 942. The lowest BCUT2D eigenvalue weighted by Gasteiger charge is -2.11. The number of fused-ring (bicyclic) bond motifs is 1. The van der Waals surface area contributed by atoms with E-state index >= 15 is 0 Å². The first-order chi connectivity index (χ1) is 12.0. The Hall–Kier alpha value is -2.38. The number of nitrogens with zero attached hydrogens (tertiary/aromatic N) is 2. The number of nitrogens with one attached hydrogen (secondary N) is 1. The highest BCUT2D eigenvalue weighted by Gasteiger charge is 2.21. The fourth-order valence-corrected chi connectivity index (χ4v) is 3.76. The van der Waals surface area contributed by atoms with E-state index in [-0.39, 0.29) is 11.3 Å². The van der Waals surface area contributed by atoms with E-state index < -0.39 is 0 Å². The lowest BCUT2D eigenvalue weighted by molar-refractivity contribution is 0.0531. The van der Waals surface area contributed by atoms with Crippen molar-refractivity contribution in [3.05, 3.63) is 40.0 Å². The SMILES string of the molecule is CCOC(=O)c1sc2nc(Cl)nc(Nc3ccccc3OC)c2c1C. The lowest BCUT2D eigenvalue weighted by atomic mass is 10.2. The summed E-state index contributed by atoms with van der Waals surface area (Å²) in [5.74, 6) is 0.815.